The van der Waals surface area contributed by atoms with Gasteiger partial charge < -0.3 is 4.74 Å². The second-order valence-electron chi connectivity index (χ2n) is 3.35. The SMILES string of the molecule is N#Cc1cc(Cl)cc(Oc2cccc(Cl)c2)c1. The molecule has 2 nitrogen and oxygen atoms in total. The van der Waals surface area contributed by atoms with Crippen LogP contribution in [0.25, 0.3) is 0 Å². The first-order valence-corrected chi connectivity index (χ1v) is 5.57. The molecule has 0 saturated heterocycles. The Morgan fingerprint density at radius 3 is 2.41 bits per heavy atom. The van der Waals surface area contributed by atoms with Crippen molar-refractivity contribution in [1.29, 1.82) is 5.26 Å². The number of halogens is 2. The molecule has 0 unspecified atom stereocenters. The van der Waals surface area contributed by atoms with Crippen LogP contribution in [-0.2, 0) is 0 Å². The minimum Gasteiger partial charge on any atom is -0.457 e. The Balaban J connectivity index is 2.30. The van der Waals surface area contributed by atoms with E-state index in [1.165, 1.54) is 0 Å². The monoisotopic (exact) mass is 263 g/mol. The minimum absolute atomic E-state index is 0.453. The highest BCUT2D eigenvalue weighted by molar-refractivity contribution is 6.31. The number of benzene rings is 2. The first-order valence-electron chi connectivity index (χ1n) is 4.81. The second kappa shape index (κ2) is 5.09. The Morgan fingerprint density at radius 1 is 0.941 bits per heavy atom. The van der Waals surface area contributed by atoms with Crippen molar-refractivity contribution in [3.63, 3.8) is 0 Å². The molecule has 0 aromatic heterocycles. The molecule has 84 valence electrons. The predicted octanol–water partition coefficient (Wildman–Crippen LogP) is 4.66. The molecule has 0 fully saturated rings. The maximum Gasteiger partial charge on any atom is 0.130 e. The summed E-state index contributed by atoms with van der Waals surface area (Å²) >= 11 is 11.7. The first kappa shape index (κ1) is 11.8. The van der Waals surface area contributed by atoms with Crippen LogP contribution < -0.4 is 4.74 Å². The molecule has 0 radical (unpaired) electrons. The number of hydrogen-bond donors (Lipinski definition) is 0. The fourth-order valence-corrected chi connectivity index (χ4v) is 1.76. The number of hydrogen-bond acceptors (Lipinski definition) is 2. The molecular weight excluding hydrogens is 257 g/mol. The molecule has 0 saturated carbocycles. The maximum absolute atomic E-state index is 8.81. The molecule has 0 bridgehead atoms. The van der Waals surface area contributed by atoms with Gasteiger partial charge in [-0.3, -0.25) is 0 Å². The third-order valence-corrected chi connectivity index (χ3v) is 2.49. The largest absolute Gasteiger partial charge is 0.457 e. The van der Waals surface area contributed by atoms with Gasteiger partial charge in [0.1, 0.15) is 11.5 Å². The lowest BCUT2D eigenvalue weighted by molar-refractivity contribution is 0.482. The average Bonchev–Trinajstić information content (AvgIpc) is 2.28. The summed E-state index contributed by atoms with van der Waals surface area (Å²) in [5.41, 5.74) is 0.453. The summed E-state index contributed by atoms with van der Waals surface area (Å²) in [4.78, 5) is 0. The summed E-state index contributed by atoms with van der Waals surface area (Å²) in [6.45, 7) is 0. The van der Waals surface area contributed by atoms with E-state index in [4.69, 9.17) is 33.2 Å². The molecule has 0 heterocycles. The summed E-state index contributed by atoms with van der Waals surface area (Å²) < 4.78 is 5.56. The number of nitriles is 1. The van der Waals surface area contributed by atoms with Gasteiger partial charge in [-0.25, -0.2) is 0 Å². The van der Waals surface area contributed by atoms with Gasteiger partial charge in [-0.2, -0.15) is 5.26 Å². The smallest absolute Gasteiger partial charge is 0.130 e. The second-order valence-corrected chi connectivity index (χ2v) is 4.22. The lowest BCUT2D eigenvalue weighted by Crippen LogP contribution is -1.85. The molecule has 0 spiro atoms. The Bertz CT molecular complexity index is 590. The molecular formula is C13H7Cl2NO. The zero-order chi connectivity index (χ0) is 12.3. The lowest BCUT2D eigenvalue weighted by atomic mass is 10.2. The normalized spacial score (nSPS) is 9.71. The van der Waals surface area contributed by atoms with Crippen LogP contribution in [-0.4, -0.2) is 0 Å². The Morgan fingerprint density at radius 2 is 1.71 bits per heavy atom. The van der Waals surface area contributed by atoms with Gasteiger partial charge in [0.05, 0.1) is 11.6 Å². The zero-order valence-corrected chi connectivity index (χ0v) is 10.2. The van der Waals surface area contributed by atoms with Crippen LogP contribution in [0.5, 0.6) is 11.5 Å². The van der Waals surface area contributed by atoms with Gasteiger partial charge in [0.25, 0.3) is 0 Å². The lowest BCUT2D eigenvalue weighted by Gasteiger charge is -2.06. The predicted molar refractivity (Wildman–Crippen MR) is 67.7 cm³/mol. The molecule has 0 aliphatic carbocycles. The van der Waals surface area contributed by atoms with E-state index < -0.39 is 0 Å². The van der Waals surface area contributed by atoms with Crippen molar-refractivity contribution in [2.75, 3.05) is 0 Å². The van der Waals surface area contributed by atoms with Crippen LogP contribution in [0.4, 0.5) is 0 Å². The van der Waals surface area contributed by atoms with Crippen molar-refractivity contribution in [2.24, 2.45) is 0 Å². The highest BCUT2D eigenvalue weighted by atomic mass is 35.5. The molecule has 2 aromatic carbocycles. The van der Waals surface area contributed by atoms with Crippen LogP contribution in [0.1, 0.15) is 5.56 Å². The van der Waals surface area contributed by atoms with E-state index >= 15 is 0 Å². The zero-order valence-electron chi connectivity index (χ0n) is 8.65. The van der Waals surface area contributed by atoms with Gasteiger partial charge in [0, 0.05) is 10.0 Å². The number of nitrogens with zero attached hydrogens (tertiary/aromatic N) is 1. The minimum atomic E-state index is 0.453. The molecule has 0 amide bonds. The Labute approximate surface area is 109 Å². The van der Waals surface area contributed by atoms with Crippen LogP contribution in [0.3, 0.4) is 0 Å². The van der Waals surface area contributed by atoms with Crippen molar-refractivity contribution < 1.29 is 4.74 Å². The van der Waals surface area contributed by atoms with Crippen molar-refractivity contribution in [3.05, 3.63) is 58.1 Å². The van der Waals surface area contributed by atoms with Crippen molar-refractivity contribution in [3.8, 4) is 17.6 Å². The van der Waals surface area contributed by atoms with Gasteiger partial charge in [0.2, 0.25) is 0 Å². The van der Waals surface area contributed by atoms with Gasteiger partial charge in [-0.15, -0.1) is 0 Å². The molecule has 0 N–H and O–H groups in total. The summed E-state index contributed by atoms with van der Waals surface area (Å²) in [6, 6.07) is 13.9. The van der Waals surface area contributed by atoms with Gasteiger partial charge in [-0.1, -0.05) is 29.3 Å². The van der Waals surface area contributed by atoms with Gasteiger partial charge >= 0.3 is 0 Å². The summed E-state index contributed by atoms with van der Waals surface area (Å²) in [5, 5.41) is 9.86. The molecule has 4 heteroatoms. The van der Waals surface area contributed by atoms with Crippen LogP contribution in [0.15, 0.2) is 42.5 Å². The summed E-state index contributed by atoms with van der Waals surface area (Å²) in [6.07, 6.45) is 0. The van der Waals surface area contributed by atoms with Crippen LogP contribution >= 0.6 is 23.2 Å². The van der Waals surface area contributed by atoms with Crippen LogP contribution in [0.2, 0.25) is 10.0 Å². The molecule has 0 aliphatic heterocycles. The number of rotatable bonds is 2. The topological polar surface area (TPSA) is 33.0 Å². The van der Waals surface area contributed by atoms with E-state index in [9.17, 15) is 0 Å². The quantitative estimate of drug-likeness (QED) is 0.790. The molecule has 0 aliphatic rings. The van der Waals surface area contributed by atoms with E-state index in [1.54, 1.807) is 42.5 Å². The highest BCUT2D eigenvalue weighted by Gasteiger charge is 2.02. The highest BCUT2D eigenvalue weighted by Crippen LogP contribution is 2.27. The van der Waals surface area contributed by atoms with Crippen molar-refractivity contribution >= 4 is 23.2 Å². The third kappa shape index (κ3) is 3.13. The molecule has 2 rings (SSSR count). The Hall–Kier alpha value is -1.69. The van der Waals surface area contributed by atoms with E-state index in [0.29, 0.717) is 27.1 Å². The third-order valence-electron chi connectivity index (χ3n) is 2.03. The molecule has 0 atom stereocenters. The van der Waals surface area contributed by atoms with Gasteiger partial charge in [-0.05, 0) is 36.4 Å². The molecule has 2 aromatic rings. The standard InChI is InChI=1S/C13H7Cl2NO/c14-10-2-1-3-12(6-10)17-13-5-9(8-16)4-11(15)7-13/h1-7H. The van der Waals surface area contributed by atoms with Gasteiger partial charge in [0.15, 0.2) is 0 Å². The van der Waals surface area contributed by atoms with Crippen molar-refractivity contribution in [1.82, 2.24) is 0 Å². The fraction of sp³-hybridized carbons (Fsp3) is 0. The summed E-state index contributed by atoms with van der Waals surface area (Å²) in [5.74, 6) is 1.11. The first-order chi connectivity index (χ1) is 8.17. The van der Waals surface area contributed by atoms with E-state index in [2.05, 4.69) is 0 Å². The Kier molecular flexibility index (Phi) is 3.53. The van der Waals surface area contributed by atoms with Crippen molar-refractivity contribution in [2.45, 2.75) is 0 Å². The van der Waals surface area contributed by atoms with E-state index in [-0.39, 0.29) is 0 Å². The number of ether oxygens (including phenoxy) is 1. The fourth-order valence-electron chi connectivity index (χ4n) is 1.35. The van der Waals surface area contributed by atoms with Crippen LogP contribution in [0, 0.1) is 11.3 Å². The summed E-state index contributed by atoms with van der Waals surface area (Å²) in [7, 11) is 0. The maximum atomic E-state index is 8.81. The van der Waals surface area contributed by atoms with E-state index in [0.717, 1.165) is 0 Å². The van der Waals surface area contributed by atoms with E-state index in [1.807, 2.05) is 6.07 Å². The average molecular weight is 264 g/mol. The molecule has 17 heavy (non-hydrogen) atoms.